The highest BCUT2D eigenvalue weighted by atomic mass is 19.2. The maximum atomic E-state index is 14.4. The summed E-state index contributed by atoms with van der Waals surface area (Å²) in [5.74, 6) is -4.44. The zero-order chi connectivity index (χ0) is 24.1. The summed E-state index contributed by atoms with van der Waals surface area (Å²) in [7, 11) is 0. The number of phenols is 1. The van der Waals surface area contributed by atoms with Crippen molar-refractivity contribution in [3.8, 4) is 11.4 Å². The van der Waals surface area contributed by atoms with Crippen LogP contribution in [-0.4, -0.2) is 27.4 Å². The van der Waals surface area contributed by atoms with Crippen LogP contribution in [0.25, 0.3) is 16.6 Å². The average Bonchev–Trinajstić information content (AvgIpc) is 3.08. The smallest absolute Gasteiger partial charge is 0.306 e. The molecule has 2 atom stereocenters. The van der Waals surface area contributed by atoms with Gasteiger partial charge in [-0.1, -0.05) is 20.8 Å². The van der Waals surface area contributed by atoms with Gasteiger partial charge in [0.05, 0.1) is 24.1 Å². The molecule has 3 aromatic rings. The van der Waals surface area contributed by atoms with Gasteiger partial charge in [0.15, 0.2) is 11.6 Å². The van der Waals surface area contributed by atoms with E-state index in [0.29, 0.717) is 41.4 Å². The van der Waals surface area contributed by atoms with Gasteiger partial charge >= 0.3 is 5.97 Å². The Morgan fingerprint density at radius 3 is 2.58 bits per heavy atom. The fourth-order valence-electron chi connectivity index (χ4n) is 4.81. The van der Waals surface area contributed by atoms with Crippen molar-refractivity contribution >= 4 is 16.9 Å². The molecule has 0 aliphatic carbocycles. The summed E-state index contributed by atoms with van der Waals surface area (Å²) < 4.78 is 50.0. The summed E-state index contributed by atoms with van der Waals surface area (Å²) in [6, 6.07) is 5.69. The average molecular weight is 461 g/mol. The number of phenolic OH excluding ortho intramolecular Hbond substituents is 1. The number of hydrogen-bond acceptors (Lipinski definition) is 3. The van der Waals surface area contributed by atoms with Gasteiger partial charge in [-0.15, -0.1) is 0 Å². The van der Waals surface area contributed by atoms with Crippen LogP contribution in [0.3, 0.4) is 0 Å². The lowest BCUT2D eigenvalue weighted by Crippen LogP contribution is -2.34. The highest BCUT2D eigenvalue weighted by molar-refractivity contribution is 5.93. The summed E-state index contributed by atoms with van der Waals surface area (Å²) >= 11 is 0. The summed E-state index contributed by atoms with van der Waals surface area (Å²) in [4.78, 5) is 11.5. The Balaban J connectivity index is 1.98. The van der Waals surface area contributed by atoms with Crippen LogP contribution < -0.4 is 0 Å². The SMILES string of the molecule is CC[C@@H](CC[C@H]1OCC(C)(C)c2c1c1c(O)cc(F)cc1n2-c1ccc(F)c(F)c1)C(=O)O. The fraction of sp³-hybridized carbons (Fsp3) is 0.400. The first-order chi connectivity index (χ1) is 15.5. The number of aliphatic carboxylic acids is 1. The van der Waals surface area contributed by atoms with E-state index < -0.39 is 40.9 Å². The predicted molar refractivity (Wildman–Crippen MR) is 117 cm³/mol. The van der Waals surface area contributed by atoms with E-state index >= 15 is 0 Å². The highest BCUT2D eigenvalue weighted by Crippen LogP contribution is 2.49. The van der Waals surface area contributed by atoms with Gasteiger partial charge in [-0.3, -0.25) is 4.79 Å². The van der Waals surface area contributed by atoms with Gasteiger partial charge in [-0.25, -0.2) is 13.2 Å². The molecule has 2 aromatic carbocycles. The number of carbonyl (C=O) groups is 1. The van der Waals surface area contributed by atoms with E-state index in [-0.39, 0.29) is 18.0 Å². The number of halogens is 3. The van der Waals surface area contributed by atoms with Gasteiger partial charge in [0.25, 0.3) is 0 Å². The topological polar surface area (TPSA) is 71.7 Å². The molecular weight excluding hydrogens is 435 g/mol. The molecule has 0 fully saturated rings. The first-order valence-electron chi connectivity index (χ1n) is 10.9. The molecule has 2 N–H and O–H groups in total. The standard InChI is InChI=1S/C25H26F3NO4/c1-4-13(24(31)32)5-8-20-22-21-18(9-14(26)10-19(21)30)29(23(22)25(2,3)12-33-20)15-6-7-16(27)17(28)11-15/h6-7,9-11,13,20,30H,4-5,8,12H2,1-3H3,(H,31,32)/t13-,20+/m0/s1. The Kier molecular flexibility index (Phi) is 5.90. The van der Waals surface area contributed by atoms with Crippen molar-refractivity contribution in [2.45, 2.75) is 51.6 Å². The third kappa shape index (κ3) is 3.97. The molecule has 2 heterocycles. The quantitative estimate of drug-likeness (QED) is 0.473. The maximum Gasteiger partial charge on any atom is 0.306 e. The molecule has 0 amide bonds. The molecule has 1 aliphatic heterocycles. The van der Waals surface area contributed by atoms with Crippen LogP contribution in [0.15, 0.2) is 30.3 Å². The van der Waals surface area contributed by atoms with Gasteiger partial charge in [-0.2, -0.15) is 0 Å². The molecule has 0 saturated carbocycles. The van der Waals surface area contributed by atoms with E-state index in [2.05, 4.69) is 0 Å². The molecule has 0 saturated heterocycles. The second kappa shape index (κ2) is 8.41. The molecule has 0 spiro atoms. The zero-order valence-electron chi connectivity index (χ0n) is 18.7. The molecule has 0 bridgehead atoms. The van der Waals surface area contributed by atoms with Crippen LogP contribution in [0.5, 0.6) is 5.75 Å². The second-order valence-corrected chi connectivity index (χ2v) is 9.22. The molecule has 33 heavy (non-hydrogen) atoms. The van der Waals surface area contributed by atoms with Gasteiger partial charge in [-0.05, 0) is 37.5 Å². The Hall–Kier alpha value is -3.00. The van der Waals surface area contributed by atoms with E-state index in [4.69, 9.17) is 4.74 Å². The van der Waals surface area contributed by atoms with Crippen molar-refractivity contribution in [1.82, 2.24) is 4.57 Å². The van der Waals surface area contributed by atoms with Crippen LogP contribution in [-0.2, 0) is 14.9 Å². The van der Waals surface area contributed by atoms with Crippen molar-refractivity contribution in [1.29, 1.82) is 0 Å². The largest absolute Gasteiger partial charge is 0.507 e. The Labute approximate surface area is 189 Å². The maximum absolute atomic E-state index is 14.4. The zero-order valence-corrected chi connectivity index (χ0v) is 18.7. The Bertz CT molecular complexity index is 1230. The van der Waals surface area contributed by atoms with E-state index in [9.17, 15) is 28.2 Å². The minimum atomic E-state index is -1.04. The molecular formula is C25H26F3NO4. The van der Waals surface area contributed by atoms with Crippen molar-refractivity contribution in [3.05, 3.63) is 59.0 Å². The summed E-state index contributed by atoms with van der Waals surface area (Å²) in [6.45, 7) is 5.91. The number of hydrogen-bond donors (Lipinski definition) is 2. The lowest BCUT2D eigenvalue weighted by atomic mass is 9.81. The molecule has 0 radical (unpaired) electrons. The van der Waals surface area contributed by atoms with Crippen LogP contribution in [0, 0.1) is 23.4 Å². The normalized spacial score (nSPS) is 18.3. The van der Waals surface area contributed by atoms with Crippen molar-refractivity contribution in [2.75, 3.05) is 6.61 Å². The highest BCUT2D eigenvalue weighted by Gasteiger charge is 2.40. The number of benzene rings is 2. The van der Waals surface area contributed by atoms with E-state index in [0.717, 1.165) is 18.2 Å². The predicted octanol–water partition coefficient (Wildman–Crippen LogP) is 5.99. The third-order valence-electron chi connectivity index (χ3n) is 6.44. The number of carboxylic acids is 1. The first kappa shape index (κ1) is 23.2. The van der Waals surface area contributed by atoms with Gasteiger partial charge in [0, 0.05) is 39.9 Å². The number of aromatic nitrogens is 1. The molecule has 8 heteroatoms. The van der Waals surface area contributed by atoms with Crippen molar-refractivity contribution in [3.63, 3.8) is 0 Å². The lowest BCUT2D eigenvalue weighted by molar-refractivity contribution is -0.142. The van der Waals surface area contributed by atoms with Crippen molar-refractivity contribution < 1.29 is 32.9 Å². The molecule has 1 aromatic heterocycles. The Morgan fingerprint density at radius 1 is 1.21 bits per heavy atom. The lowest BCUT2D eigenvalue weighted by Gasteiger charge is -2.37. The number of carboxylic acid groups (broad SMARTS) is 1. The van der Waals surface area contributed by atoms with Crippen LogP contribution in [0.4, 0.5) is 13.2 Å². The summed E-state index contributed by atoms with van der Waals surface area (Å²) in [5.41, 5.74) is 1.27. The summed E-state index contributed by atoms with van der Waals surface area (Å²) in [5, 5.41) is 20.5. The minimum absolute atomic E-state index is 0.276. The molecule has 0 unspecified atom stereocenters. The Morgan fingerprint density at radius 2 is 1.94 bits per heavy atom. The van der Waals surface area contributed by atoms with Crippen molar-refractivity contribution in [2.24, 2.45) is 5.92 Å². The van der Waals surface area contributed by atoms with Gasteiger partial charge in [0.1, 0.15) is 11.6 Å². The number of ether oxygens (including phenoxy) is 1. The van der Waals surface area contributed by atoms with Gasteiger partial charge < -0.3 is 19.5 Å². The fourth-order valence-corrected chi connectivity index (χ4v) is 4.81. The monoisotopic (exact) mass is 461 g/mol. The second-order valence-electron chi connectivity index (χ2n) is 9.22. The third-order valence-corrected chi connectivity index (χ3v) is 6.44. The molecule has 176 valence electrons. The first-order valence-corrected chi connectivity index (χ1v) is 10.9. The van der Waals surface area contributed by atoms with E-state index in [1.54, 1.807) is 11.5 Å². The van der Waals surface area contributed by atoms with Gasteiger partial charge in [0.2, 0.25) is 0 Å². The van der Waals surface area contributed by atoms with Crippen LogP contribution >= 0.6 is 0 Å². The van der Waals surface area contributed by atoms with Crippen LogP contribution in [0.2, 0.25) is 0 Å². The number of fused-ring (bicyclic) bond motifs is 3. The van der Waals surface area contributed by atoms with E-state index in [1.807, 2.05) is 13.8 Å². The number of nitrogens with zero attached hydrogens (tertiary/aromatic N) is 1. The molecule has 1 aliphatic rings. The molecule has 4 rings (SSSR count). The van der Waals surface area contributed by atoms with Crippen LogP contribution in [0.1, 0.15) is 57.4 Å². The number of aromatic hydroxyl groups is 1. The molecule has 5 nitrogen and oxygen atoms in total. The van der Waals surface area contributed by atoms with E-state index in [1.165, 1.54) is 12.1 Å². The number of rotatable bonds is 6. The minimum Gasteiger partial charge on any atom is -0.507 e. The summed E-state index contributed by atoms with van der Waals surface area (Å²) in [6.07, 6.45) is 0.650.